The maximum absolute atomic E-state index is 8.83. The molecule has 102 valence electrons. The van der Waals surface area contributed by atoms with Crippen LogP contribution in [-0.4, -0.2) is 23.2 Å². The number of fused-ring (bicyclic) bond motifs is 1. The van der Waals surface area contributed by atoms with E-state index in [2.05, 4.69) is 10.3 Å². The van der Waals surface area contributed by atoms with Crippen molar-refractivity contribution in [2.75, 3.05) is 24.2 Å². The number of aromatic nitrogens is 1. The first-order valence-electron chi connectivity index (χ1n) is 6.38. The molecule has 0 unspecified atom stereocenters. The fraction of sp³-hybridized carbons (Fsp3) is 0.133. The van der Waals surface area contributed by atoms with Crippen LogP contribution in [0.2, 0.25) is 0 Å². The first-order chi connectivity index (χ1) is 9.78. The van der Waals surface area contributed by atoms with E-state index in [1.165, 1.54) is 0 Å². The van der Waals surface area contributed by atoms with Crippen molar-refractivity contribution < 1.29 is 9.52 Å². The highest BCUT2D eigenvalue weighted by Crippen LogP contribution is 2.32. The smallest absolute Gasteiger partial charge is 0.295 e. The van der Waals surface area contributed by atoms with Crippen LogP contribution in [0.5, 0.6) is 0 Å². The molecule has 3 aromatic rings. The van der Waals surface area contributed by atoms with Crippen LogP contribution in [0.4, 0.5) is 11.7 Å². The van der Waals surface area contributed by atoms with E-state index >= 15 is 0 Å². The molecule has 0 aliphatic carbocycles. The molecular weight excluding hydrogens is 254 g/mol. The average Bonchev–Trinajstić information content (AvgIpc) is 2.87. The lowest BCUT2D eigenvalue weighted by atomic mass is 10.0. The first kappa shape index (κ1) is 12.5. The van der Waals surface area contributed by atoms with Crippen LogP contribution in [0.3, 0.4) is 0 Å². The molecule has 1 heterocycles. The number of benzene rings is 2. The van der Waals surface area contributed by atoms with E-state index in [1.54, 1.807) is 6.07 Å². The number of nitrogens with zero attached hydrogens (tertiary/aromatic N) is 1. The average molecular weight is 269 g/mol. The Balaban J connectivity index is 2.13. The molecule has 0 aliphatic rings. The summed E-state index contributed by atoms with van der Waals surface area (Å²) in [6.07, 6.45) is 0. The van der Waals surface area contributed by atoms with Gasteiger partial charge in [-0.05, 0) is 11.6 Å². The number of nitrogens with two attached hydrogens (primary N) is 1. The van der Waals surface area contributed by atoms with Gasteiger partial charge >= 0.3 is 0 Å². The van der Waals surface area contributed by atoms with E-state index in [9.17, 15) is 0 Å². The first-order valence-corrected chi connectivity index (χ1v) is 6.38. The van der Waals surface area contributed by atoms with Crippen molar-refractivity contribution in [3.05, 3.63) is 42.5 Å². The van der Waals surface area contributed by atoms with E-state index < -0.39 is 0 Å². The summed E-state index contributed by atoms with van der Waals surface area (Å²) in [5.41, 5.74) is 9.90. The van der Waals surface area contributed by atoms with Gasteiger partial charge in [-0.25, -0.2) is 0 Å². The minimum atomic E-state index is 0.0202. The highest BCUT2D eigenvalue weighted by Gasteiger charge is 2.12. The maximum Gasteiger partial charge on any atom is 0.295 e. The third kappa shape index (κ3) is 2.31. The van der Waals surface area contributed by atoms with Crippen molar-refractivity contribution in [3.8, 4) is 11.1 Å². The normalized spacial score (nSPS) is 10.8. The second kappa shape index (κ2) is 5.22. The molecule has 0 aliphatic heterocycles. The third-order valence-corrected chi connectivity index (χ3v) is 2.99. The van der Waals surface area contributed by atoms with Gasteiger partial charge < -0.3 is 20.6 Å². The molecule has 0 fully saturated rings. The molecule has 0 spiro atoms. The van der Waals surface area contributed by atoms with Crippen LogP contribution >= 0.6 is 0 Å². The molecule has 5 nitrogen and oxygen atoms in total. The predicted molar refractivity (Wildman–Crippen MR) is 79.4 cm³/mol. The molecule has 1 aromatic heterocycles. The summed E-state index contributed by atoms with van der Waals surface area (Å²) < 4.78 is 5.60. The van der Waals surface area contributed by atoms with E-state index in [0.717, 1.165) is 16.6 Å². The number of aliphatic hydroxyl groups is 1. The van der Waals surface area contributed by atoms with Crippen LogP contribution in [0.25, 0.3) is 22.2 Å². The standard InChI is InChI=1S/C15H15N3O2/c16-11-8-12(10-4-2-1-3-5-10)14-13(9-11)20-15(18-14)17-6-7-19/h1-5,8-9,19H,6-7,16H2,(H,17,18). The summed E-state index contributed by atoms with van der Waals surface area (Å²) in [5.74, 6) is 0. The van der Waals surface area contributed by atoms with Gasteiger partial charge in [0, 0.05) is 23.9 Å². The Morgan fingerprint density at radius 3 is 2.75 bits per heavy atom. The van der Waals surface area contributed by atoms with Crippen molar-refractivity contribution in [2.24, 2.45) is 0 Å². The van der Waals surface area contributed by atoms with Gasteiger partial charge in [0.15, 0.2) is 5.58 Å². The Morgan fingerprint density at radius 2 is 2.00 bits per heavy atom. The zero-order valence-electron chi connectivity index (χ0n) is 10.8. The zero-order chi connectivity index (χ0) is 13.9. The lowest BCUT2D eigenvalue weighted by Gasteiger charge is -2.03. The second-order valence-electron chi connectivity index (χ2n) is 4.45. The van der Waals surface area contributed by atoms with Gasteiger partial charge in [-0.15, -0.1) is 0 Å². The lowest BCUT2D eigenvalue weighted by molar-refractivity contribution is 0.310. The fourth-order valence-corrected chi connectivity index (χ4v) is 2.13. The van der Waals surface area contributed by atoms with Gasteiger partial charge in [0.05, 0.1) is 6.61 Å². The van der Waals surface area contributed by atoms with E-state index in [0.29, 0.717) is 23.8 Å². The molecule has 3 rings (SSSR count). The van der Waals surface area contributed by atoms with Crippen LogP contribution in [0, 0.1) is 0 Å². The van der Waals surface area contributed by atoms with E-state index in [1.807, 2.05) is 36.4 Å². The van der Waals surface area contributed by atoms with E-state index in [-0.39, 0.29) is 6.61 Å². The van der Waals surface area contributed by atoms with Crippen molar-refractivity contribution in [3.63, 3.8) is 0 Å². The predicted octanol–water partition coefficient (Wildman–Crippen LogP) is 2.48. The Bertz CT molecular complexity index is 723. The number of anilines is 2. The second-order valence-corrected chi connectivity index (χ2v) is 4.45. The largest absolute Gasteiger partial charge is 0.423 e. The molecule has 0 amide bonds. The minimum absolute atomic E-state index is 0.0202. The third-order valence-electron chi connectivity index (χ3n) is 2.99. The molecule has 20 heavy (non-hydrogen) atoms. The van der Waals surface area contributed by atoms with Crippen molar-refractivity contribution in [2.45, 2.75) is 0 Å². The van der Waals surface area contributed by atoms with Gasteiger partial charge in [-0.3, -0.25) is 0 Å². The monoisotopic (exact) mass is 269 g/mol. The van der Waals surface area contributed by atoms with Crippen LogP contribution < -0.4 is 11.1 Å². The summed E-state index contributed by atoms with van der Waals surface area (Å²) in [7, 11) is 0. The maximum atomic E-state index is 8.83. The van der Waals surface area contributed by atoms with Crippen molar-refractivity contribution in [1.82, 2.24) is 4.98 Å². The van der Waals surface area contributed by atoms with Gasteiger partial charge in [0.25, 0.3) is 6.01 Å². The Labute approximate surface area is 116 Å². The number of oxazole rings is 1. The molecule has 0 saturated carbocycles. The van der Waals surface area contributed by atoms with E-state index in [4.69, 9.17) is 15.3 Å². The van der Waals surface area contributed by atoms with Crippen molar-refractivity contribution in [1.29, 1.82) is 0 Å². The minimum Gasteiger partial charge on any atom is -0.423 e. The highest BCUT2D eigenvalue weighted by atomic mass is 16.4. The topological polar surface area (TPSA) is 84.3 Å². The fourth-order valence-electron chi connectivity index (χ4n) is 2.13. The summed E-state index contributed by atoms with van der Waals surface area (Å²) in [6.45, 7) is 0.412. The molecular formula is C15H15N3O2. The lowest BCUT2D eigenvalue weighted by Crippen LogP contribution is -2.05. The number of aliphatic hydroxyl groups excluding tert-OH is 1. The number of hydrogen-bond acceptors (Lipinski definition) is 5. The molecule has 2 aromatic carbocycles. The Morgan fingerprint density at radius 1 is 1.20 bits per heavy atom. The van der Waals surface area contributed by atoms with Crippen molar-refractivity contribution >= 4 is 22.8 Å². The summed E-state index contributed by atoms with van der Waals surface area (Å²) in [5, 5.41) is 11.7. The highest BCUT2D eigenvalue weighted by molar-refractivity contribution is 5.94. The molecule has 4 N–H and O–H groups in total. The SMILES string of the molecule is Nc1cc(-c2ccccc2)c2nc(NCCO)oc2c1. The quantitative estimate of drug-likeness (QED) is 0.634. The van der Waals surface area contributed by atoms with Gasteiger partial charge in [-0.1, -0.05) is 30.3 Å². The molecule has 0 bridgehead atoms. The summed E-state index contributed by atoms with van der Waals surface area (Å²) >= 11 is 0. The summed E-state index contributed by atoms with van der Waals surface area (Å²) in [4.78, 5) is 4.42. The van der Waals surface area contributed by atoms with Crippen LogP contribution in [0.15, 0.2) is 46.9 Å². The van der Waals surface area contributed by atoms with Gasteiger partial charge in [-0.2, -0.15) is 4.98 Å². The molecule has 0 atom stereocenters. The number of nitrogens with one attached hydrogen (secondary N) is 1. The molecule has 5 heteroatoms. The summed E-state index contributed by atoms with van der Waals surface area (Å²) in [6, 6.07) is 13.9. The van der Waals surface area contributed by atoms with Gasteiger partial charge in [0.2, 0.25) is 0 Å². The Hall–Kier alpha value is -2.53. The number of hydrogen-bond donors (Lipinski definition) is 3. The molecule has 0 saturated heterocycles. The number of nitrogen functional groups attached to an aromatic ring is 1. The zero-order valence-corrected chi connectivity index (χ0v) is 10.8. The van der Waals surface area contributed by atoms with Crippen LogP contribution in [0.1, 0.15) is 0 Å². The van der Waals surface area contributed by atoms with Gasteiger partial charge in [0.1, 0.15) is 5.52 Å². The number of rotatable bonds is 4. The Kier molecular flexibility index (Phi) is 3.26. The van der Waals surface area contributed by atoms with Crippen LogP contribution in [-0.2, 0) is 0 Å². The molecule has 0 radical (unpaired) electrons.